The van der Waals surface area contributed by atoms with Crippen molar-refractivity contribution in [2.75, 3.05) is 6.61 Å². The molecule has 0 atom stereocenters. The number of aryl methyl sites for hydroxylation is 1. The van der Waals surface area contributed by atoms with E-state index >= 15 is 0 Å². The first-order valence-electron chi connectivity index (χ1n) is 15.7. The molecule has 1 amide bonds. The highest BCUT2D eigenvalue weighted by Crippen LogP contribution is 2.18. The predicted molar refractivity (Wildman–Crippen MR) is 163 cm³/mol. The molecular formula is C34H51N3O2. The number of fused-ring (bicyclic) bond motifs is 1. The quantitative estimate of drug-likeness (QED) is 0.131. The highest BCUT2D eigenvalue weighted by atomic mass is 16.5. The summed E-state index contributed by atoms with van der Waals surface area (Å²) < 4.78 is 7.85. The molecule has 0 saturated heterocycles. The summed E-state index contributed by atoms with van der Waals surface area (Å²) >= 11 is 0. The minimum Gasteiger partial charge on any atom is -0.484 e. The number of nitrogens with one attached hydrogen (secondary N) is 1. The lowest BCUT2D eigenvalue weighted by molar-refractivity contribution is -0.123. The zero-order chi connectivity index (χ0) is 27.4. The Hall–Kier alpha value is -2.82. The molecule has 0 saturated carbocycles. The molecule has 1 aromatic heterocycles. The van der Waals surface area contributed by atoms with Gasteiger partial charge in [0.1, 0.15) is 11.6 Å². The molecule has 1 heterocycles. The van der Waals surface area contributed by atoms with Crippen LogP contribution in [-0.4, -0.2) is 22.1 Å². The maximum Gasteiger partial charge on any atom is 0.258 e. The maximum absolute atomic E-state index is 12.4. The van der Waals surface area contributed by atoms with Crippen molar-refractivity contribution in [1.29, 1.82) is 0 Å². The number of carbonyl (C=O) groups excluding carboxylic acids is 1. The zero-order valence-electron chi connectivity index (χ0n) is 24.3. The average molecular weight is 534 g/mol. The van der Waals surface area contributed by atoms with Crippen molar-refractivity contribution in [3.8, 4) is 5.75 Å². The summed E-state index contributed by atoms with van der Waals surface area (Å²) in [4.78, 5) is 17.2. The number of rotatable bonds is 22. The summed E-state index contributed by atoms with van der Waals surface area (Å²) in [6, 6.07) is 17.7. The second-order valence-electron chi connectivity index (χ2n) is 10.9. The SMILES string of the molecule is CCCCCCCCCCCCCCCCCCn1c(CNC(=O)COc2ccccc2)nc2ccccc21. The van der Waals surface area contributed by atoms with Gasteiger partial charge >= 0.3 is 0 Å². The summed E-state index contributed by atoms with van der Waals surface area (Å²) in [5.74, 6) is 1.47. The van der Waals surface area contributed by atoms with Crippen LogP contribution in [0.2, 0.25) is 0 Å². The number of para-hydroxylation sites is 3. The van der Waals surface area contributed by atoms with Gasteiger partial charge in [-0.1, -0.05) is 134 Å². The molecule has 0 bridgehead atoms. The lowest BCUT2D eigenvalue weighted by Crippen LogP contribution is -2.29. The van der Waals surface area contributed by atoms with Gasteiger partial charge in [-0.3, -0.25) is 4.79 Å². The predicted octanol–water partition coefficient (Wildman–Crippen LogP) is 8.99. The van der Waals surface area contributed by atoms with Crippen molar-refractivity contribution in [3.63, 3.8) is 0 Å². The van der Waals surface area contributed by atoms with E-state index in [0.717, 1.165) is 29.8 Å². The summed E-state index contributed by atoms with van der Waals surface area (Å²) in [7, 11) is 0. The number of unbranched alkanes of at least 4 members (excludes halogenated alkanes) is 15. The van der Waals surface area contributed by atoms with Crippen LogP contribution in [-0.2, 0) is 17.9 Å². The molecule has 0 spiro atoms. The Morgan fingerprint density at radius 1 is 0.718 bits per heavy atom. The molecule has 0 radical (unpaired) electrons. The first-order chi connectivity index (χ1) is 19.3. The van der Waals surface area contributed by atoms with Crippen molar-refractivity contribution in [2.45, 2.75) is 123 Å². The van der Waals surface area contributed by atoms with Crippen LogP contribution in [0.5, 0.6) is 5.75 Å². The Bertz CT molecular complexity index is 1050. The Kier molecular flexibility index (Phi) is 15.2. The van der Waals surface area contributed by atoms with E-state index in [1.165, 1.54) is 96.3 Å². The van der Waals surface area contributed by atoms with E-state index in [1.54, 1.807) is 0 Å². The number of carbonyl (C=O) groups is 1. The second-order valence-corrected chi connectivity index (χ2v) is 10.9. The monoisotopic (exact) mass is 533 g/mol. The second kappa shape index (κ2) is 19.3. The van der Waals surface area contributed by atoms with Crippen LogP contribution in [0.4, 0.5) is 0 Å². The fourth-order valence-corrected chi connectivity index (χ4v) is 5.22. The Balaban J connectivity index is 1.27. The fraction of sp³-hybridized carbons (Fsp3) is 0.588. The molecule has 214 valence electrons. The van der Waals surface area contributed by atoms with Gasteiger partial charge in [-0.25, -0.2) is 4.98 Å². The molecule has 0 aliphatic heterocycles. The molecule has 0 aliphatic rings. The molecular weight excluding hydrogens is 482 g/mol. The molecule has 3 aromatic rings. The third-order valence-corrected chi connectivity index (χ3v) is 7.53. The van der Waals surface area contributed by atoms with Gasteiger partial charge in [0.2, 0.25) is 0 Å². The molecule has 0 fully saturated rings. The number of imidazole rings is 1. The Morgan fingerprint density at radius 2 is 1.26 bits per heavy atom. The molecule has 1 N–H and O–H groups in total. The van der Waals surface area contributed by atoms with E-state index in [2.05, 4.69) is 28.9 Å². The highest BCUT2D eigenvalue weighted by molar-refractivity contribution is 5.78. The normalized spacial score (nSPS) is 11.2. The van der Waals surface area contributed by atoms with Gasteiger partial charge < -0.3 is 14.6 Å². The average Bonchev–Trinajstić information content (AvgIpc) is 3.32. The minimum atomic E-state index is -0.139. The van der Waals surface area contributed by atoms with Crippen molar-refractivity contribution in [3.05, 3.63) is 60.4 Å². The first-order valence-corrected chi connectivity index (χ1v) is 15.7. The number of hydrogen-bond donors (Lipinski definition) is 1. The van der Waals surface area contributed by atoms with E-state index in [0.29, 0.717) is 12.3 Å². The van der Waals surface area contributed by atoms with Crippen LogP contribution in [0.25, 0.3) is 11.0 Å². The van der Waals surface area contributed by atoms with Gasteiger partial charge in [0.15, 0.2) is 6.61 Å². The van der Waals surface area contributed by atoms with Gasteiger partial charge in [0.25, 0.3) is 5.91 Å². The number of benzene rings is 2. The van der Waals surface area contributed by atoms with Gasteiger partial charge in [0.05, 0.1) is 17.6 Å². The topological polar surface area (TPSA) is 56.2 Å². The van der Waals surface area contributed by atoms with Crippen LogP contribution >= 0.6 is 0 Å². The van der Waals surface area contributed by atoms with Crippen molar-refractivity contribution >= 4 is 16.9 Å². The molecule has 39 heavy (non-hydrogen) atoms. The Labute approximate surface area is 236 Å². The number of nitrogens with zero attached hydrogens (tertiary/aromatic N) is 2. The summed E-state index contributed by atoms with van der Waals surface area (Å²) in [5.41, 5.74) is 2.13. The first kappa shape index (κ1) is 30.7. The van der Waals surface area contributed by atoms with Crippen LogP contribution in [0, 0.1) is 0 Å². The highest BCUT2D eigenvalue weighted by Gasteiger charge is 2.12. The van der Waals surface area contributed by atoms with Crippen molar-refractivity contribution in [2.24, 2.45) is 0 Å². The minimum absolute atomic E-state index is 0.00334. The molecule has 0 aliphatic carbocycles. The summed E-state index contributed by atoms with van der Waals surface area (Å²) in [6.45, 7) is 3.63. The van der Waals surface area contributed by atoms with Gasteiger partial charge in [0, 0.05) is 6.54 Å². The van der Waals surface area contributed by atoms with Gasteiger partial charge in [-0.2, -0.15) is 0 Å². The Morgan fingerprint density at radius 3 is 1.87 bits per heavy atom. The van der Waals surface area contributed by atoms with Gasteiger partial charge in [-0.15, -0.1) is 0 Å². The lowest BCUT2D eigenvalue weighted by Gasteiger charge is -2.11. The van der Waals surface area contributed by atoms with Crippen molar-refractivity contribution < 1.29 is 9.53 Å². The number of hydrogen-bond acceptors (Lipinski definition) is 3. The van der Waals surface area contributed by atoms with Crippen LogP contribution in [0.3, 0.4) is 0 Å². The maximum atomic E-state index is 12.4. The molecule has 3 rings (SSSR count). The van der Waals surface area contributed by atoms with Crippen LogP contribution in [0.1, 0.15) is 115 Å². The van der Waals surface area contributed by atoms with Gasteiger partial charge in [-0.05, 0) is 30.7 Å². The summed E-state index contributed by atoms with van der Waals surface area (Å²) in [6.07, 6.45) is 21.9. The summed E-state index contributed by atoms with van der Waals surface area (Å²) in [5, 5.41) is 2.98. The largest absolute Gasteiger partial charge is 0.484 e. The van der Waals surface area contributed by atoms with E-state index in [4.69, 9.17) is 9.72 Å². The lowest BCUT2D eigenvalue weighted by atomic mass is 10.0. The van der Waals surface area contributed by atoms with E-state index in [1.807, 2.05) is 42.5 Å². The zero-order valence-corrected chi connectivity index (χ0v) is 24.3. The third kappa shape index (κ3) is 12.3. The fourth-order valence-electron chi connectivity index (χ4n) is 5.22. The van der Waals surface area contributed by atoms with Crippen LogP contribution in [0.15, 0.2) is 54.6 Å². The molecule has 0 unspecified atom stereocenters. The number of amides is 1. The van der Waals surface area contributed by atoms with E-state index in [-0.39, 0.29) is 12.5 Å². The number of aromatic nitrogens is 2. The van der Waals surface area contributed by atoms with E-state index in [9.17, 15) is 4.79 Å². The molecule has 5 heteroatoms. The molecule has 2 aromatic carbocycles. The van der Waals surface area contributed by atoms with E-state index < -0.39 is 0 Å². The molecule has 5 nitrogen and oxygen atoms in total. The number of ether oxygens (including phenoxy) is 1. The third-order valence-electron chi connectivity index (χ3n) is 7.53. The smallest absolute Gasteiger partial charge is 0.258 e. The standard InChI is InChI=1S/C34H51N3O2/c1-2-3-4-5-6-7-8-9-10-11-12-13-14-15-16-22-27-37-32-26-21-20-25-31(32)36-33(37)28-35-34(38)29-39-30-23-18-17-19-24-30/h17-21,23-26H,2-16,22,27-29H2,1H3,(H,35,38). The van der Waals surface area contributed by atoms with Crippen molar-refractivity contribution in [1.82, 2.24) is 14.9 Å². The van der Waals surface area contributed by atoms with Crippen LogP contribution < -0.4 is 10.1 Å².